The number of halogens is 2. The molecule has 0 fully saturated rings. The minimum absolute atomic E-state index is 0.354. The lowest BCUT2D eigenvalue weighted by Crippen LogP contribution is -2.11. The van der Waals surface area contributed by atoms with Crippen molar-refractivity contribution >= 4 is 0 Å². The molecule has 1 aromatic heterocycles. The fraction of sp³-hybridized carbons (Fsp3) is 0.167. The van der Waals surface area contributed by atoms with E-state index in [-0.39, 0.29) is 0 Å². The first kappa shape index (κ1) is 10.8. The molecule has 0 saturated heterocycles. The van der Waals surface area contributed by atoms with Crippen molar-refractivity contribution < 1.29 is 13.2 Å². The Kier molecular flexibility index (Phi) is 2.75. The first-order valence-electron chi connectivity index (χ1n) is 4.84. The Labute approximate surface area is 91.7 Å². The van der Waals surface area contributed by atoms with Gasteiger partial charge < -0.3 is 10.2 Å². The molecule has 2 rings (SSSR count). The van der Waals surface area contributed by atoms with E-state index in [1.54, 1.807) is 19.1 Å². The summed E-state index contributed by atoms with van der Waals surface area (Å²) in [5, 5.41) is 0. The Morgan fingerprint density at radius 1 is 1.12 bits per heavy atom. The number of aryl methyl sites for hydroxylation is 1. The van der Waals surface area contributed by atoms with E-state index in [4.69, 9.17) is 10.2 Å². The van der Waals surface area contributed by atoms with Gasteiger partial charge >= 0.3 is 0 Å². The maximum atomic E-state index is 13.0. The Balaban J connectivity index is 2.37. The summed E-state index contributed by atoms with van der Waals surface area (Å²) < 4.78 is 31.3. The molecule has 1 unspecified atom stereocenters. The molecule has 1 aromatic carbocycles. The molecule has 0 bridgehead atoms. The molecule has 2 nitrogen and oxygen atoms in total. The average molecular weight is 223 g/mol. The lowest BCUT2D eigenvalue weighted by molar-refractivity contribution is 0.464. The molecule has 0 aliphatic carbocycles. The molecule has 0 amide bonds. The molecule has 0 aliphatic heterocycles. The fourth-order valence-corrected chi connectivity index (χ4v) is 1.54. The highest BCUT2D eigenvalue weighted by molar-refractivity contribution is 5.27. The van der Waals surface area contributed by atoms with Crippen LogP contribution in [0.4, 0.5) is 8.78 Å². The number of hydrogen-bond acceptors (Lipinski definition) is 2. The van der Waals surface area contributed by atoms with Gasteiger partial charge in [-0.15, -0.1) is 0 Å². The summed E-state index contributed by atoms with van der Waals surface area (Å²) in [7, 11) is 0. The summed E-state index contributed by atoms with van der Waals surface area (Å²) in [5.74, 6) is -0.0905. The van der Waals surface area contributed by atoms with Gasteiger partial charge in [-0.05, 0) is 36.8 Å². The molecule has 1 heterocycles. The Morgan fingerprint density at radius 3 is 2.25 bits per heavy atom. The number of benzene rings is 1. The van der Waals surface area contributed by atoms with E-state index >= 15 is 0 Å². The zero-order valence-electron chi connectivity index (χ0n) is 8.71. The summed E-state index contributed by atoms with van der Waals surface area (Å²) in [6.07, 6.45) is 0. The van der Waals surface area contributed by atoms with E-state index in [1.165, 1.54) is 12.1 Å². The zero-order valence-corrected chi connectivity index (χ0v) is 8.71. The summed E-state index contributed by atoms with van der Waals surface area (Å²) in [6, 6.07) is 6.01. The molecular weight excluding hydrogens is 212 g/mol. The minimum Gasteiger partial charge on any atom is -0.464 e. The predicted molar refractivity (Wildman–Crippen MR) is 55.8 cm³/mol. The first-order valence-corrected chi connectivity index (χ1v) is 4.84. The van der Waals surface area contributed by atoms with Crippen LogP contribution >= 0.6 is 0 Å². The van der Waals surface area contributed by atoms with Gasteiger partial charge in [0.2, 0.25) is 0 Å². The van der Waals surface area contributed by atoms with E-state index in [0.29, 0.717) is 17.1 Å². The van der Waals surface area contributed by atoms with Crippen molar-refractivity contribution in [2.75, 3.05) is 0 Å². The van der Waals surface area contributed by atoms with Gasteiger partial charge in [-0.3, -0.25) is 0 Å². The highest BCUT2D eigenvalue weighted by atomic mass is 19.1. The second-order valence-electron chi connectivity index (χ2n) is 3.63. The van der Waals surface area contributed by atoms with Crippen LogP contribution in [0.1, 0.15) is 23.1 Å². The quantitative estimate of drug-likeness (QED) is 0.850. The molecule has 0 aliphatic rings. The van der Waals surface area contributed by atoms with Crippen LogP contribution in [0.5, 0.6) is 0 Å². The minimum atomic E-state index is -0.654. The highest BCUT2D eigenvalue weighted by Gasteiger charge is 2.14. The lowest BCUT2D eigenvalue weighted by Gasteiger charge is -2.09. The van der Waals surface area contributed by atoms with Gasteiger partial charge in [0.15, 0.2) is 0 Å². The third-order valence-corrected chi connectivity index (χ3v) is 2.31. The van der Waals surface area contributed by atoms with Crippen LogP contribution in [-0.4, -0.2) is 0 Å². The van der Waals surface area contributed by atoms with Gasteiger partial charge in [0, 0.05) is 6.07 Å². The SMILES string of the molecule is Cc1ccc(C(N)c2cc(F)cc(F)c2)o1. The van der Waals surface area contributed by atoms with Crippen molar-refractivity contribution in [2.45, 2.75) is 13.0 Å². The van der Waals surface area contributed by atoms with Crippen LogP contribution in [-0.2, 0) is 0 Å². The average Bonchev–Trinajstić information content (AvgIpc) is 2.62. The molecule has 2 aromatic rings. The van der Waals surface area contributed by atoms with Gasteiger partial charge in [-0.1, -0.05) is 0 Å². The first-order chi connectivity index (χ1) is 7.56. The number of furan rings is 1. The Hall–Kier alpha value is -1.68. The van der Waals surface area contributed by atoms with E-state index in [2.05, 4.69) is 0 Å². The monoisotopic (exact) mass is 223 g/mol. The van der Waals surface area contributed by atoms with Crippen molar-refractivity contribution in [1.82, 2.24) is 0 Å². The fourth-order valence-electron chi connectivity index (χ4n) is 1.54. The third kappa shape index (κ3) is 2.12. The van der Waals surface area contributed by atoms with Gasteiger partial charge in [-0.2, -0.15) is 0 Å². The molecule has 16 heavy (non-hydrogen) atoms. The van der Waals surface area contributed by atoms with Crippen molar-refractivity contribution in [2.24, 2.45) is 5.73 Å². The standard InChI is InChI=1S/C12H11F2NO/c1-7-2-3-11(16-7)12(15)8-4-9(13)6-10(14)5-8/h2-6,12H,15H2,1H3. The normalized spacial score (nSPS) is 12.8. The van der Waals surface area contributed by atoms with Crippen LogP contribution in [0, 0.1) is 18.6 Å². The third-order valence-electron chi connectivity index (χ3n) is 2.31. The summed E-state index contributed by atoms with van der Waals surface area (Å²) >= 11 is 0. The molecule has 0 spiro atoms. The molecular formula is C12H11F2NO. The van der Waals surface area contributed by atoms with Gasteiger partial charge in [0.05, 0.1) is 6.04 Å². The van der Waals surface area contributed by atoms with E-state index in [1.807, 2.05) is 0 Å². The van der Waals surface area contributed by atoms with Crippen molar-refractivity contribution in [3.63, 3.8) is 0 Å². The van der Waals surface area contributed by atoms with Gasteiger partial charge in [-0.25, -0.2) is 8.78 Å². The van der Waals surface area contributed by atoms with Crippen molar-refractivity contribution in [3.8, 4) is 0 Å². The smallest absolute Gasteiger partial charge is 0.126 e. The van der Waals surface area contributed by atoms with E-state index in [9.17, 15) is 8.78 Å². The van der Waals surface area contributed by atoms with Crippen LogP contribution in [0.15, 0.2) is 34.7 Å². The molecule has 0 radical (unpaired) electrons. The molecule has 1 atom stereocenters. The second kappa shape index (κ2) is 4.06. The van der Waals surface area contributed by atoms with Crippen LogP contribution in [0.25, 0.3) is 0 Å². The van der Waals surface area contributed by atoms with E-state index < -0.39 is 17.7 Å². The Morgan fingerprint density at radius 2 is 1.75 bits per heavy atom. The maximum Gasteiger partial charge on any atom is 0.126 e. The van der Waals surface area contributed by atoms with E-state index in [0.717, 1.165) is 6.07 Å². The topological polar surface area (TPSA) is 39.2 Å². The van der Waals surface area contributed by atoms with Gasteiger partial charge in [0.25, 0.3) is 0 Å². The Bertz CT molecular complexity index is 487. The summed E-state index contributed by atoms with van der Waals surface area (Å²) in [6.45, 7) is 1.78. The zero-order chi connectivity index (χ0) is 11.7. The number of nitrogens with two attached hydrogens (primary N) is 1. The van der Waals surface area contributed by atoms with Gasteiger partial charge in [0.1, 0.15) is 23.2 Å². The molecule has 4 heteroatoms. The van der Waals surface area contributed by atoms with Crippen LogP contribution < -0.4 is 5.73 Å². The molecule has 2 N–H and O–H groups in total. The number of hydrogen-bond donors (Lipinski definition) is 1. The van der Waals surface area contributed by atoms with Crippen molar-refractivity contribution in [1.29, 1.82) is 0 Å². The molecule has 84 valence electrons. The van der Waals surface area contributed by atoms with Crippen LogP contribution in [0.3, 0.4) is 0 Å². The summed E-state index contributed by atoms with van der Waals surface area (Å²) in [4.78, 5) is 0. The van der Waals surface area contributed by atoms with Crippen LogP contribution in [0.2, 0.25) is 0 Å². The maximum absolute atomic E-state index is 13.0. The van der Waals surface area contributed by atoms with Crippen molar-refractivity contribution in [3.05, 3.63) is 59.1 Å². The second-order valence-corrected chi connectivity index (χ2v) is 3.63. The highest BCUT2D eigenvalue weighted by Crippen LogP contribution is 2.22. The summed E-state index contributed by atoms with van der Waals surface area (Å²) in [5.41, 5.74) is 6.19. The number of rotatable bonds is 2. The largest absolute Gasteiger partial charge is 0.464 e. The predicted octanol–water partition coefficient (Wildman–Crippen LogP) is 2.91. The lowest BCUT2D eigenvalue weighted by atomic mass is 10.1. The molecule has 0 saturated carbocycles.